The molecule has 1 fully saturated rings. The highest BCUT2D eigenvalue weighted by Crippen LogP contribution is 2.27. The molecular formula is C20H20FN5O2S. The summed E-state index contributed by atoms with van der Waals surface area (Å²) >= 11 is 1.28. The topological polar surface area (TPSA) is 81.9 Å². The quantitative estimate of drug-likeness (QED) is 0.600. The molecule has 1 aliphatic heterocycles. The van der Waals surface area contributed by atoms with E-state index in [0.717, 1.165) is 25.0 Å². The van der Waals surface area contributed by atoms with Crippen LogP contribution in [0.25, 0.3) is 17.1 Å². The van der Waals surface area contributed by atoms with E-state index in [0.29, 0.717) is 23.2 Å². The van der Waals surface area contributed by atoms with Gasteiger partial charge in [0, 0.05) is 36.8 Å². The zero-order valence-electron chi connectivity index (χ0n) is 15.6. The summed E-state index contributed by atoms with van der Waals surface area (Å²) < 4.78 is 20.7. The Morgan fingerprint density at radius 1 is 1.21 bits per heavy atom. The number of nitrogens with zero attached hydrogens (tertiary/aromatic N) is 4. The van der Waals surface area contributed by atoms with Crippen LogP contribution in [0.3, 0.4) is 0 Å². The van der Waals surface area contributed by atoms with E-state index in [2.05, 4.69) is 20.5 Å². The molecule has 1 N–H and O–H groups in total. The van der Waals surface area contributed by atoms with Gasteiger partial charge in [0.15, 0.2) is 11.0 Å². The molecular weight excluding hydrogens is 393 g/mol. The normalized spacial score (nSPS) is 16.1. The number of amides is 1. The number of rotatable bonds is 7. The summed E-state index contributed by atoms with van der Waals surface area (Å²) in [6.07, 6.45) is 5.45. The van der Waals surface area contributed by atoms with Crippen molar-refractivity contribution in [3.63, 3.8) is 0 Å². The summed E-state index contributed by atoms with van der Waals surface area (Å²) in [5.41, 5.74) is 1.54. The van der Waals surface area contributed by atoms with E-state index in [9.17, 15) is 9.18 Å². The van der Waals surface area contributed by atoms with E-state index >= 15 is 0 Å². The van der Waals surface area contributed by atoms with E-state index in [1.54, 1.807) is 24.5 Å². The van der Waals surface area contributed by atoms with Crippen LogP contribution < -0.4 is 5.32 Å². The first kappa shape index (κ1) is 19.5. The molecule has 0 aliphatic carbocycles. The fraction of sp³-hybridized carbons (Fsp3) is 0.300. The number of carbonyl (C=O) groups excluding carboxylic acids is 1. The van der Waals surface area contributed by atoms with E-state index in [4.69, 9.17) is 4.74 Å². The molecule has 2 aromatic heterocycles. The molecule has 9 heteroatoms. The predicted molar refractivity (Wildman–Crippen MR) is 107 cm³/mol. The van der Waals surface area contributed by atoms with Gasteiger partial charge in [0.1, 0.15) is 5.82 Å². The number of carbonyl (C=O) groups is 1. The molecule has 1 unspecified atom stereocenters. The van der Waals surface area contributed by atoms with Crippen LogP contribution in [-0.4, -0.2) is 50.7 Å². The minimum absolute atomic E-state index is 0.0929. The Kier molecular flexibility index (Phi) is 6.16. The summed E-state index contributed by atoms with van der Waals surface area (Å²) in [6.45, 7) is 1.28. The minimum Gasteiger partial charge on any atom is -0.376 e. The van der Waals surface area contributed by atoms with Crippen molar-refractivity contribution in [3.05, 3.63) is 54.6 Å². The lowest BCUT2D eigenvalue weighted by atomic mass is 10.2. The number of halogens is 1. The highest BCUT2D eigenvalue weighted by molar-refractivity contribution is 7.99. The number of pyridine rings is 1. The van der Waals surface area contributed by atoms with Crippen molar-refractivity contribution in [2.45, 2.75) is 24.1 Å². The Morgan fingerprint density at radius 2 is 2.00 bits per heavy atom. The Labute approximate surface area is 171 Å². The number of thioether (sulfide) groups is 1. The van der Waals surface area contributed by atoms with Crippen molar-refractivity contribution in [2.24, 2.45) is 0 Å². The van der Waals surface area contributed by atoms with Crippen molar-refractivity contribution in [1.29, 1.82) is 0 Å². The maximum absolute atomic E-state index is 13.4. The Hall–Kier alpha value is -2.78. The van der Waals surface area contributed by atoms with E-state index in [-0.39, 0.29) is 23.6 Å². The molecule has 0 radical (unpaired) electrons. The lowest BCUT2D eigenvalue weighted by Crippen LogP contribution is -2.32. The molecule has 1 amide bonds. The second-order valence-corrected chi connectivity index (χ2v) is 7.52. The Morgan fingerprint density at radius 3 is 2.72 bits per heavy atom. The first-order valence-electron chi connectivity index (χ1n) is 9.33. The summed E-state index contributed by atoms with van der Waals surface area (Å²) in [7, 11) is 0. The molecule has 3 heterocycles. The largest absolute Gasteiger partial charge is 0.376 e. The number of nitrogens with one attached hydrogen (secondary N) is 1. The van der Waals surface area contributed by atoms with Gasteiger partial charge in [-0.2, -0.15) is 0 Å². The summed E-state index contributed by atoms with van der Waals surface area (Å²) in [5.74, 6) is 0.378. The van der Waals surface area contributed by atoms with Crippen molar-refractivity contribution in [2.75, 3.05) is 18.9 Å². The summed E-state index contributed by atoms with van der Waals surface area (Å²) in [4.78, 5) is 16.3. The third-order valence-electron chi connectivity index (χ3n) is 4.54. The molecule has 1 saturated heterocycles. The first-order valence-corrected chi connectivity index (χ1v) is 10.3. The standard InChI is InChI=1S/C20H20FN5O2S/c21-15-3-5-16(6-4-15)26-19(14-7-9-22-10-8-14)24-25-20(26)29-13-18(27)23-12-17-2-1-11-28-17/h3-10,17H,1-2,11-13H2,(H,23,27). The Bertz CT molecular complexity index is 959. The van der Waals surface area contributed by atoms with Crippen molar-refractivity contribution < 1.29 is 13.9 Å². The number of ether oxygens (including phenoxy) is 1. The summed E-state index contributed by atoms with van der Waals surface area (Å²) in [6, 6.07) is 9.73. The van der Waals surface area contributed by atoms with Crippen molar-refractivity contribution in [1.82, 2.24) is 25.1 Å². The van der Waals surface area contributed by atoms with Gasteiger partial charge in [-0.25, -0.2) is 4.39 Å². The van der Waals surface area contributed by atoms with Gasteiger partial charge in [0.2, 0.25) is 5.91 Å². The van der Waals surface area contributed by atoms with E-state index in [1.165, 1.54) is 23.9 Å². The van der Waals surface area contributed by atoms with Crippen LogP contribution in [-0.2, 0) is 9.53 Å². The number of hydrogen-bond acceptors (Lipinski definition) is 6. The molecule has 0 spiro atoms. The van der Waals surface area contributed by atoms with Gasteiger partial charge in [-0.1, -0.05) is 11.8 Å². The van der Waals surface area contributed by atoms with Gasteiger partial charge in [-0.3, -0.25) is 14.3 Å². The molecule has 7 nitrogen and oxygen atoms in total. The number of hydrogen-bond donors (Lipinski definition) is 1. The first-order chi connectivity index (χ1) is 14.2. The second kappa shape index (κ2) is 9.15. The van der Waals surface area contributed by atoms with Gasteiger partial charge < -0.3 is 10.1 Å². The highest BCUT2D eigenvalue weighted by atomic mass is 32.2. The van der Waals surface area contributed by atoms with Gasteiger partial charge in [-0.05, 0) is 49.2 Å². The van der Waals surface area contributed by atoms with Gasteiger partial charge in [-0.15, -0.1) is 10.2 Å². The Balaban J connectivity index is 1.52. The number of benzene rings is 1. The maximum atomic E-state index is 13.4. The fourth-order valence-corrected chi connectivity index (χ4v) is 3.87. The maximum Gasteiger partial charge on any atom is 0.230 e. The van der Waals surface area contributed by atoms with Crippen LogP contribution in [0.2, 0.25) is 0 Å². The lowest BCUT2D eigenvalue weighted by molar-refractivity contribution is -0.119. The summed E-state index contributed by atoms with van der Waals surface area (Å²) in [5, 5.41) is 12.0. The average molecular weight is 413 g/mol. The third-order valence-corrected chi connectivity index (χ3v) is 5.47. The second-order valence-electron chi connectivity index (χ2n) is 6.58. The van der Waals surface area contributed by atoms with Crippen LogP contribution in [0, 0.1) is 5.82 Å². The molecule has 3 aromatic rings. The van der Waals surface area contributed by atoms with Crippen LogP contribution >= 0.6 is 11.8 Å². The van der Waals surface area contributed by atoms with Crippen LogP contribution in [0.5, 0.6) is 0 Å². The number of aromatic nitrogens is 4. The molecule has 150 valence electrons. The molecule has 4 rings (SSSR count). The SMILES string of the molecule is O=C(CSc1nnc(-c2ccncc2)n1-c1ccc(F)cc1)NCC1CCCO1. The monoisotopic (exact) mass is 413 g/mol. The van der Waals surface area contributed by atoms with Crippen molar-refractivity contribution in [3.8, 4) is 17.1 Å². The zero-order chi connectivity index (χ0) is 20.1. The van der Waals surface area contributed by atoms with E-state index in [1.807, 2.05) is 16.7 Å². The molecule has 1 aromatic carbocycles. The lowest BCUT2D eigenvalue weighted by Gasteiger charge is -2.12. The van der Waals surface area contributed by atoms with Crippen LogP contribution in [0.1, 0.15) is 12.8 Å². The molecule has 1 atom stereocenters. The predicted octanol–water partition coefficient (Wildman–Crippen LogP) is 2.86. The van der Waals surface area contributed by atoms with Crippen LogP contribution in [0.4, 0.5) is 4.39 Å². The van der Waals surface area contributed by atoms with Gasteiger partial charge in [0.05, 0.1) is 11.9 Å². The van der Waals surface area contributed by atoms with Gasteiger partial charge in [0.25, 0.3) is 0 Å². The minimum atomic E-state index is -0.324. The molecule has 1 aliphatic rings. The smallest absolute Gasteiger partial charge is 0.230 e. The third kappa shape index (κ3) is 4.80. The van der Waals surface area contributed by atoms with Crippen molar-refractivity contribution >= 4 is 17.7 Å². The zero-order valence-corrected chi connectivity index (χ0v) is 16.4. The van der Waals surface area contributed by atoms with Crippen LogP contribution in [0.15, 0.2) is 53.9 Å². The fourth-order valence-electron chi connectivity index (χ4n) is 3.09. The molecule has 0 saturated carbocycles. The van der Waals surface area contributed by atoms with Gasteiger partial charge >= 0.3 is 0 Å². The van der Waals surface area contributed by atoms with E-state index < -0.39 is 0 Å². The highest BCUT2D eigenvalue weighted by Gasteiger charge is 2.19. The average Bonchev–Trinajstić information content (AvgIpc) is 3.42. The molecule has 29 heavy (non-hydrogen) atoms. The molecule has 0 bridgehead atoms.